The molecule has 0 spiro atoms. The predicted octanol–water partition coefficient (Wildman–Crippen LogP) is 3.57. The van der Waals surface area contributed by atoms with Crippen molar-refractivity contribution in [2.75, 3.05) is 6.61 Å². The largest absolute Gasteiger partial charge is 0.339 e. The standard InChI is InChI=1S/C15H18FN3O2S/c1-4-21-19-15(20)18-10(3)13-9(2)17-14(22-13)11-5-7-12(16)8-6-11/h5-8,10H,4H2,1-3H3,(H2,18,19,20)/t10-/m1/s1. The second-order valence-electron chi connectivity index (χ2n) is 4.71. The molecule has 7 heteroatoms. The van der Waals surface area contributed by atoms with E-state index in [1.165, 1.54) is 23.5 Å². The molecule has 2 rings (SSSR count). The highest BCUT2D eigenvalue weighted by atomic mass is 32.1. The highest BCUT2D eigenvalue weighted by molar-refractivity contribution is 7.15. The van der Waals surface area contributed by atoms with Crippen LogP contribution in [0.3, 0.4) is 0 Å². The van der Waals surface area contributed by atoms with Crippen LogP contribution in [0.15, 0.2) is 24.3 Å². The summed E-state index contributed by atoms with van der Waals surface area (Å²) in [4.78, 5) is 21.9. The Hall–Kier alpha value is -1.99. The zero-order chi connectivity index (χ0) is 16.1. The van der Waals surface area contributed by atoms with Crippen LogP contribution in [0.2, 0.25) is 0 Å². The number of hydrogen-bond donors (Lipinski definition) is 2. The summed E-state index contributed by atoms with van der Waals surface area (Å²) in [6, 6.07) is 5.60. The van der Waals surface area contributed by atoms with Crippen molar-refractivity contribution >= 4 is 17.4 Å². The maximum atomic E-state index is 13.0. The normalized spacial score (nSPS) is 12.0. The van der Waals surface area contributed by atoms with Gasteiger partial charge in [-0.1, -0.05) is 0 Å². The number of benzene rings is 1. The molecular formula is C15H18FN3O2S. The molecule has 0 unspecified atom stereocenters. The first-order valence-corrected chi connectivity index (χ1v) is 7.74. The van der Waals surface area contributed by atoms with Crippen molar-refractivity contribution in [2.24, 2.45) is 0 Å². The van der Waals surface area contributed by atoms with Crippen LogP contribution in [0.25, 0.3) is 10.6 Å². The Labute approximate surface area is 132 Å². The molecule has 0 saturated heterocycles. The number of amides is 2. The average molecular weight is 323 g/mol. The third-order valence-corrected chi connectivity index (χ3v) is 4.36. The Bertz CT molecular complexity index is 643. The summed E-state index contributed by atoms with van der Waals surface area (Å²) >= 11 is 1.48. The van der Waals surface area contributed by atoms with Crippen LogP contribution >= 0.6 is 11.3 Å². The number of nitrogens with zero attached hydrogens (tertiary/aromatic N) is 1. The molecule has 22 heavy (non-hydrogen) atoms. The number of carbonyl (C=O) groups excluding carboxylic acids is 1. The number of urea groups is 1. The number of hydroxylamine groups is 1. The van der Waals surface area contributed by atoms with Gasteiger partial charge in [-0.15, -0.1) is 11.3 Å². The Morgan fingerprint density at radius 1 is 1.41 bits per heavy atom. The maximum Gasteiger partial charge on any atom is 0.339 e. The van der Waals surface area contributed by atoms with Crippen molar-refractivity contribution in [2.45, 2.75) is 26.8 Å². The topological polar surface area (TPSA) is 63.2 Å². The van der Waals surface area contributed by atoms with Crippen molar-refractivity contribution in [1.82, 2.24) is 15.8 Å². The zero-order valence-electron chi connectivity index (χ0n) is 12.6. The van der Waals surface area contributed by atoms with E-state index in [0.29, 0.717) is 6.61 Å². The van der Waals surface area contributed by atoms with Gasteiger partial charge in [0.1, 0.15) is 10.8 Å². The second-order valence-corrected chi connectivity index (χ2v) is 5.74. The summed E-state index contributed by atoms with van der Waals surface area (Å²) in [5.74, 6) is -0.278. The Kier molecular flexibility index (Phi) is 5.46. The lowest BCUT2D eigenvalue weighted by Crippen LogP contribution is -2.36. The molecule has 0 aliphatic heterocycles. The Balaban J connectivity index is 2.12. The van der Waals surface area contributed by atoms with E-state index in [2.05, 4.69) is 15.8 Å². The number of rotatable bonds is 5. The molecule has 0 fully saturated rings. The van der Waals surface area contributed by atoms with E-state index in [1.807, 2.05) is 13.8 Å². The first-order chi connectivity index (χ1) is 10.5. The van der Waals surface area contributed by atoms with Crippen LogP contribution in [0.5, 0.6) is 0 Å². The molecule has 2 aromatic rings. The van der Waals surface area contributed by atoms with Crippen LogP contribution in [-0.4, -0.2) is 17.6 Å². The number of nitrogens with one attached hydrogen (secondary N) is 2. The molecule has 1 heterocycles. The van der Waals surface area contributed by atoms with E-state index >= 15 is 0 Å². The quantitative estimate of drug-likeness (QED) is 0.827. The Morgan fingerprint density at radius 3 is 2.73 bits per heavy atom. The lowest BCUT2D eigenvalue weighted by molar-refractivity contribution is 0.0697. The molecule has 1 aromatic carbocycles. The molecule has 0 aliphatic rings. The molecule has 2 N–H and O–H groups in total. The van der Waals surface area contributed by atoms with Gasteiger partial charge >= 0.3 is 6.03 Å². The number of thiazole rings is 1. The number of carbonyl (C=O) groups is 1. The van der Waals surface area contributed by atoms with E-state index in [4.69, 9.17) is 4.84 Å². The highest BCUT2D eigenvalue weighted by Crippen LogP contribution is 2.31. The fourth-order valence-corrected chi connectivity index (χ4v) is 3.03. The maximum absolute atomic E-state index is 13.0. The lowest BCUT2D eigenvalue weighted by atomic mass is 10.2. The van der Waals surface area contributed by atoms with Gasteiger partial charge in [0.15, 0.2) is 0 Å². The first-order valence-electron chi connectivity index (χ1n) is 6.92. The van der Waals surface area contributed by atoms with Gasteiger partial charge in [0.25, 0.3) is 0 Å². The van der Waals surface area contributed by atoms with Crippen molar-refractivity contribution in [3.8, 4) is 10.6 Å². The van der Waals surface area contributed by atoms with Crippen molar-refractivity contribution in [1.29, 1.82) is 0 Å². The minimum atomic E-state index is -0.398. The summed E-state index contributed by atoms with van der Waals surface area (Å²) in [5.41, 5.74) is 3.98. The molecule has 0 aliphatic carbocycles. The summed E-state index contributed by atoms with van der Waals surface area (Å²) in [6.07, 6.45) is 0. The van der Waals surface area contributed by atoms with Crippen LogP contribution in [0.4, 0.5) is 9.18 Å². The van der Waals surface area contributed by atoms with E-state index in [1.54, 1.807) is 19.1 Å². The zero-order valence-corrected chi connectivity index (χ0v) is 13.5. The number of halogens is 1. The molecular weight excluding hydrogens is 305 g/mol. The summed E-state index contributed by atoms with van der Waals surface area (Å²) < 4.78 is 13.0. The average Bonchev–Trinajstić information content (AvgIpc) is 2.88. The molecule has 1 atom stereocenters. The SMILES string of the molecule is CCONC(=O)N[C@H](C)c1sc(-c2ccc(F)cc2)nc1C. The molecule has 0 saturated carbocycles. The molecule has 2 amide bonds. The number of aromatic nitrogens is 1. The van der Waals surface area contributed by atoms with Gasteiger partial charge in [0.05, 0.1) is 23.2 Å². The molecule has 118 valence electrons. The van der Waals surface area contributed by atoms with Crippen molar-refractivity contribution < 1.29 is 14.0 Å². The van der Waals surface area contributed by atoms with Crippen LogP contribution in [-0.2, 0) is 4.84 Å². The minimum absolute atomic E-state index is 0.202. The van der Waals surface area contributed by atoms with Gasteiger partial charge in [-0.3, -0.25) is 4.84 Å². The van der Waals surface area contributed by atoms with Gasteiger partial charge in [-0.05, 0) is 45.0 Å². The summed E-state index contributed by atoms with van der Waals surface area (Å²) in [7, 11) is 0. The smallest absolute Gasteiger partial charge is 0.329 e. The van der Waals surface area contributed by atoms with Gasteiger partial charge in [-0.25, -0.2) is 19.6 Å². The molecule has 1 aromatic heterocycles. The summed E-state index contributed by atoms with van der Waals surface area (Å²) in [5, 5.41) is 3.58. The fraction of sp³-hybridized carbons (Fsp3) is 0.333. The third kappa shape index (κ3) is 4.02. The van der Waals surface area contributed by atoms with E-state index in [-0.39, 0.29) is 11.9 Å². The lowest BCUT2D eigenvalue weighted by Gasteiger charge is -2.13. The summed E-state index contributed by atoms with van der Waals surface area (Å²) in [6.45, 7) is 5.94. The van der Waals surface area contributed by atoms with E-state index in [0.717, 1.165) is 21.1 Å². The first kappa shape index (κ1) is 16.4. The molecule has 0 radical (unpaired) electrons. The monoisotopic (exact) mass is 323 g/mol. The van der Waals surface area contributed by atoms with Gasteiger partial charge in [-0.2, -0.15) is 0 Å². The Morgan fingerprint density at radius 2 is 2.09 bits per heavy atom. The minimum Gasteiger partial charge on any atom is -0.329 e. The highest BCUT2D eigenvalue weighted by Gasteiger charge is 2.17. The van der Waals surface area contributed by atoms with Crippen molar-refractivity contribution in [3.63, 3.8) is 0 Å². The number of hydrogen-bond acceptors (Lipinski definition) is 4. The van der Waals surface area contributed by atoms with Gasteiger partial charge in [0, 0.05) is 5.56 Å². The second kappa shape index (κ2) is 7.33. The van der Waals surface area contributed by atoms with Crippen LogP contribution in [0.1, 0.15) is 30.5 Å². The molecule has 0 bridgehead atoms. The van der Waals surface area contributed by atoms with Crippen LogP contribution in [0, 0.1) is 12.7 Å². The van der Waals surface area contributed by atoms with Gasteiger partial charge in [0.2, 0.25) is 0 Å². The van der Waals surface area contributed by atoms with E-state index in [9.17, 15) is 9.18 Å². The number of aryl methyl sites for hydroxylation is 1. The third-order valence-electron chi connectivity index (χ3n) is 2.97. The van der Waals surface area contributed by atoms with Crippen LogP contribution < -0.4 is 10.8 Å². The molecule has 5 nitrogen and oxygen atoms in total. The van der Waals surface area contributed by atoms with Crippen molar-refractivity contribution in [3.05, 3.63) is 40.7 Å². The van der Waals surface area contributed by atoms with E-state index < -0.39 is 6.03 Å². The predicted molar refractivity (Wildman–Crippen MR) is 84.0 cm³/mol. The van der Waals surface area contributed by atoms with Gasteiger partial charge < -0.3 is 5.32 Å². The fourth-order valence-electron chi connectivity index (χ4n) is 1.96.